The normalized spacial score (nSPS) is 21.0. The van der Waals surface area contributed by atoms with Crippen molar-refractivity contribution < 1.29 is 42.9 Å². The Morgan fingerprint density at radius 1 is 0.500 bits per heavy atom. The van der Waals surface area contributed by atoms with Crippen LogP contribution in [0.15, 0.2) is 121 Å². The fraction of sp³-hybridized carbons (Fsp3) is 0.176. The first kappa shape index (κ1) is 30.2. The van der Waals surface area contributed by atoms with Gasteiger partial charge in [0, 0.05) is 0 Å². The summed E-state index contributed by atoms with van der Waals surface area (Å²) in [6.45, 7) is -0.344. The van der Waals surface area contributed by atoms with E-state index < -0.39 is 54.3 Å². The van der Waals surface area contributed by atoms with Gasteiger partial charge >= 0.3 is 23.9 Å². The third-order valence-electron chi connectivity index (χ3n) is 7.01. The summed E-state index contributed by atoms with van der Waals surface area (Å²) in [7, 11) is 1.63. The van der Waals surface area contributed by atoms with Gasteiger partial charge in [-0.05, 0) is 48.5 Å². The number of rotatable bonds is 9. The molecule has 0 amide bonds. The number of ether oxygens (including phenoxy) is 5. The third-order valence-corrected chi connectivity index (χ3v) is 7.01. The van der Waals surface area contributed by atoms with Gasteiger partial charge in [0.15, 0.2) is 18.3 Å². The van der Waals surface area contributed by atoms with E-state index >= 15 is 0 Å². The molecule has 0 unspecified atom stereocenters. The molecule has 0 saturated carbocycles. The molecule has 4 aromatic rings. The second-order valence-corrected chi connectivity index (χ2v) is 10.1. The van der Waals surface area contributed by atoms with E-state index in [1.54, 1.807) is 129 Å². The van der Waals surface area contributed by atoms with Crippen molar-refractivity contribution in [2.24, 2.45) is 0 Å². The first-order valence-corrected chi connectivity index (χ1v) is 14.1. The molecule has 1 saturated heterocycles. The molecule has 0 N–H and O–H groups in total. The van der Waals surface area contributed by atoms with E-state index in [1.165, 1.54) is 0 Å². The van der Waals surface area contributed by atoms with Crippen LogP contribution in [0.5, 0.6) is 0 Å². The van der Waals surface area contributed by atoms with E-state index in [1.807, 2.05) is 0 Å². The summed E-state index contributed by atoms with van der Waals surface area (Å²) in [5.41, 5.74) is 1.05. The number of hydrogen-bond donors (Lipinski definition) is 0. The number of carbonyl (C=O) groups is 4. The van der Waals surface area contributed by atoms with Crippen LogP contribution in [0.1, 0.15) is 41.4 Å². The first-order chi connectivity index (χ1) is 21.4. The summed E-state index contributed by atoms with van der Waals surface area (Å²) < 4.78 is 29.5. The van der Waals surface area contributed by atoms with Crippen LogP contribution in [0.2, 0.25) is 0 Å². The SMILES string of the molecule is B[C@H]1O[C@H](COC(=O)c2ccccc2)[C@@H](OC(=O)c2ccccc2)[C@H](OC(=O)c2ccccc2)[C@H]1OC(=O)c1ccccc1. The van der Waals surface area contributed by atoms with Crippen LogP contribution < -0.4 is 0 Å². The highest BCUT2D eigenvalue weighted by Gasteiger charge is 2.51. The molecule has 1 fully saturated rings. The summed E-state index contributed by atoms with van der Waals surface area (Å²) in [5.74, 6) is -2.77. The van der Waals surface area contributed by atoms with Crippen molar-refractivity contribution in [2.75, 3.05) is 6.61 Å². The zero-order valence-corrected chi connectivity index (χ0v) is 23.8. The van der Waals surface area contributed by atoms with Crippen molar-refractivity contribution >= 4 is 31.7 Å². The number of carbonyl (C=O) groups excluding carboxylic acids is 4. The Hall–Kier alpha value is -5.22. The first-order valence-electron chi connectivity index (χ1n) is 14.1. The predicted octanol–water partition coefficient (Wildman–Crippen LogP) is 3.88. The van der Waals surface area contributed by atoms with Gasteiger partial charge in [-0.15, -0.1) is 0 Å². The quantitative estimate of drug-likeness (QED) is 0.162. The van der Waals surface area contributed by atoms with Crippen molar-refractivity contribution in [1.29, 1.82) is 0 Å². The van der Waals surface area contributed by atoms with Crippen molar-refractivity contribution in [2.45, 2.75) is 30.4 Å². The maximum Gasteiger partial charge on any atom is 0.338 e. The topological polar surface area (TPSA) is 114 Å². The fourth-order valence-corrected chi connectivity index (χ4v) is 4.78. The molecule has 0 aromatic heterocycles. The minimum Gasteiger partial charge on any atom is -0.459 e. The third kappa shape index (κ3) is 7.40. The maximum atomic E-state index is 13.4. The second kappa shape index (κ2) is 14.3. The van der Waals surface area contributed by atoms with Crippen LogP contribution in [0.4, 0.5) is 0 Å². The molecule has 1 aliphatic rings. The van der Waals surface area contributed by atoms with Gasteiger partial charge in [-0.3, -0.25) is 0 Å². The monoisotopic (exact) mass is 592 g/mol. The molecule has 0 spiro atoms. The van der Waals surface area contributed by atoms with Crippen LogP contribution in [-0.4, -0.2) is 68.7 Å². The number of benzene rings is 4. The van der Waals surface area contributed by atoms with E-state index in [2.05, 4.69) is 0 Å². The summed E-state index contributed by atoms with van der Waals surface area (Å²) in [6.07, 6.45) is -4.92. The molecule has 4 aromatic carbocycles. The molecule has 5 rings (SSSR count). The Kier molecular flexibility index (Phi) is 9.83. The average molecular weight is 592 g/mol. The van der Waals surface area contributed by atoms with Crippen molar-refractivity contribution in [3.05, 3.63) is 144 Å². The summed E-state index contributed by atoms with van der Waals surface area (Å²) in [6, 6.07) is 32.3. The van der Waals surface area contributed by atoms with Crippen LogP contribution in [0.3, 0.4) is 0 Å². The van der Waals surface area contributed by atoms with Gasteiger partial charge in [0.05, 0.1) is 28.3 Å². The van der Waals surface area contributed by atoms with E-state index in [4.69, 9.17) is 23.7 Å². The zero-order valence-electron chi connectivity index (χ0n) is 23.8. The molecular formula is C34H29BO9. The van der Waals surface area contributed by atoms with Gasteiger partial charge in [0.1, 0.15) is 20.6 Å². The minimum atomic E-state index is -1.33. The van der Waals surface area contributed by atoms with Crippen molar-refractivity contribution in [3.63, 3.8) is 0 Å². The second-order valence-electron chi connectivity index (χ2n) is 10.1. The molecule has 10 heteroatoms. The van der Waals surface area contributed by atoms with Crippen LogP contribution in [0, 0.1) is 0 Å². The highest BCUT2D eigenvalue weighted by atomic mass is 16.7. The zero-order chi connectivity index (χ0) is 30.9. The summed E-state index contributed by atoms with van der Waals surface area (Å²) >= 11 is 0. The molecule has 0 aliphatic carbocycles. The van der Waals surface area contributed by atoms with Gasteiger partial charge in [-0.1, -0.05) is 72.8 Å². The van der Waals surface area contributed by atoms with E-state index in [0.29, 0.717) is 5.56 Å². The highest BCUT2D eigenvalue weighted by molar-refractivity contribution is 6.11. The van der Waals surface area contributed by atoms with E-state index in [9.17, 15) is 19.2 Å². The largest absolute Gasteiger partial charge is 0.459 e. The van der Waals surface area contributed by atoms with Gasteiger partial charge in [-0.25, -0.2) is 19.2 Å². The molecule has 1 heterocycles. The van der Waals surface area contributed by atoms with E-state index in [0.717, 1.165) is 0 Å². The van der Waals surface area contributed by atoms with Crippen LogP contribution in [0.25, 0.3) is 0 Å². The number of esters is 4. The Morgan fingerprint density at radius 3 is 1.25 bits per heavy atom. The molecule has 5 atom stereocenters. The molecule has 0 bridgehead atoms. The molecule has 9 nitrogen and oxygen atoms in total. The average Bonchev–Trinajstić information content (AvgIpc) is 3.07. The van der Waals surface area contributed by atoms with Gasteiger partial charge < -0.3 is 23.7 Å². The fourth-order valence-electron chi connectivity index (χ4n) is 4.78. The van der Waals surface area contributed by atoms with E-state index in [-0.39, 0.29) is 23.3 Å². The Morgan fingerprint density at radius 2 is 0.841 bits per heavy atom. The smallest absolute Gasteiger partial charge is 0.338 e. The summed E-state index contributed by atoms with van der Waals surface area (Å²) in [5, 5.41) is 0. The molecule has 222 valence electrons. The summed E-state index contributed by atoms with van der Waals surface area (Å²) in [4.78, 5) is 52.6. The molecular weight excluding hydrogens is 563 g/mol. The molecule has 44 heavy (non-hydrogen) atoms. The standard InChI is InChI=1S/C34H29BO9/c35-30-29(44-34(39)25-19-11-4-12-20-25)28(43-33(38)24-17-9-3-10-18-24)27(42-32(37)23-15-7-2-8-16-23)26(41-30)21-40-31(36)22-13-5-1-6-14-22/h1-20,26-30H,21,35H2/t26-,27-,28+,29-,30+/m1/s1. The Labute approximate surface area is 255 Å². The van der Waals surface area contributed by atoms with Gasteiger partial charge in [0.25, 0.3) is 0 Å². The molecule has 1 aliphatic heterocycles. The number of hydrogen-bond acceptors (Lipinski definition) is 9. The van der Waals surface area contributed by atoms with Crippen molar-refractivity contribution in [3.8, 4) is 0 Å². The maximum absolute atomic E-state index is 13.4. The van der Waals surface area contributed by atoms with Crippen LogP contribution >= 0.6 is 0 Å². The lowest BCUT2D eigenvalue weighted by atomic mass is 9.84. The lowest BCUT2D eigenvalue weighted by molar-refractivity contribution is -0.209. The van der Waals surface area contributed by atoms with Crippen LogP contribution in [-0.2, 0) is 23.7 Å². The lowest BCUT2D eigenvalue weighted by Gasteiger charge is -2.44. The van der Waals surface area contributed by atoms with Gasteiger partial charge in [0.2, 0.25) is 0 Å². The lowest BCUT2D eigenvalue weighted by Crippen LogP contribution is -2.62. The predicted molar refractivity (Wildman–Crippen MR) is 161 cm³/mol. The van der Waals surface area contributed by atoms with Crippen molar-refractivity contribution in [1.82, 2.24) is 0 Å². The van der Waals surface area contributed by atoms with Gasteiger partial charge in [-0.2, -0.15) is 0 Å². The Bertz CT molecular complexity index is 1570. The minimum absolute atomic E-state index is 0.233. The molecule has 0 radical (unpaired) electrons. The highest BCUT2D eigenvalue weighted by Crippen LogP contribution is 2.30. The Balaban J connectivity index is 1.48.